The molecule has 92 valence electrons. The standard InChI is InChI=1S/C16H22O/c1-5-9-15(17)16(4,12-6-2)14-11-8-7-10-13(14)3/h6-8,10-12H,5,9H2,1-4H3/b12-6-. The third-order valence-electron chi connectivity index (χ3n) is 3.26. The molecule has 0 saturated carbocycles. The molecule has 0 aliphatic rings. The molecular formula is C16H22O. The molecule has 0 heterocycles. The van der Waals surface area contributed by atoms with Crippen LogP contribution in [0.4, 0.5) is 0 Å². The first-order valence-corrected chi connectivity index (χ1v) is 6.29. The quantitative estimate of drug-likeness (QED) is 0.693. The molecule has 1 nitrogen and oxygen atoms in total. The first kappa shape index (κ1) is 13.7. The summed E-state index contributed by atoms with van der Waals surface area (Å²) in [5, 5.41) is 0. The number of rotatable bonds is 5. The molecule has 0 aromatic heterocycles. The zero-order valence-corrected chi connectivity index (χ0v) is 11.3. The zero-order chi connectivity index (χ0) is 12.9. The molecule has 1 atom stereocenters. The number of benzene rings is 1. The summed E-state index contributed by atoms with van der Waals surface area (Å²) < 4.78 is 0. The van der Waals surface area contributed by atoms with Crippen LogP contribution in [-0.4, -0.2) is 5.78 Å². The highest BCUT2D eigenvalue weighted by Gasteiger charge is 2.32. The molecule has 1 unspecified atom stereocenters. The number of hydrogen-bond acceptors (Lipinski definition) is 1. The van der Waals surface area contributed by atoms with E-state index >= 15 is 0 Å². The van der Waals surface area contributed by atoms with Crippen LogP contribution in [0, 0.1) is 6.92 Å². The molecule has 1 aromatic carbocycles. The lowest BCUT2D eigenvalue weighted by Crippen LogP contribution is -2.31. The van der Waals surface area contributed by atoms with Crippen molar-refractivity contribution in [1.29, 1.82) is 0 Å². The number of hydrogen-bond donors (Lipinski definition) is 0. The maximum Gasteiger partial charge on any atom is 0.146 e. The Labute approximate surface area is 105 Å². The van der Waals surface area contributed by atoms with E-state index in [-0.39, 0.29) is 0 Å². The largest absolute Gasteiger partial charge is 0.298 e. The van der Waals surface area contributed by atoms with Gasteiger partial charge in [0.2, 0.25) is 0 Å². The maximum atomic E-state index is 12.4. The smallest absolute Gasteiger partial charge is 0.146 e. The Morgan fingerprint density at radius 2 is 2.00 bits per heavy atom. The summed E-state index contributed by atoms with van der Waals surface area (Å²) in [6.45, 7) is 8.10. The van der Waals surface area contributed by atoms with Crippen molar-refractivity contribution in [3.8, 4) is 0 Å². The van der Waals surface area contributed by atoms with Crippen molar-refractivity contribution < 1.29 is 4.79 Å². The second-order valence-corrected chi connectivity index (χ2v) is 4.69. The minimum Gasteiger partial charge on any atom is -0.298 e. The highest BCUT2D eigenvalue weighted by molar-refractivity contribution is 5.92. The number of ketones is 1. The van der Waals surface area contributed by atoms with Crippen molar-refractivity contribution in [3.63, 3.8) is 0 Å². The van der Waals surface area contributed by atoms with E-state index in [0.29, 0.717) is 12.2 Å². The number of Topliss-reactive ketones (excluding diaryl/α,β-unsaturated/α-hetero) is 1. The molecule has 17 heavy (non-hydrogen) atoms. The third kappa shape index (κ3) is 2.85. The Morgan fingerprint density at radius 3 is 2.53 bits per heavy atom. The van der Waals surface area contributed by atoms with Gasteiger partial charge in [-0.15, -0.1) is 0 Å². The number of carbonyl (C=O) groups is 1. The molecule has 1 heteroatoms. The van der Waals surface area contributed by atoms with Crippen LogP contribution in [0.25, 0.3) is 0 Å². The van der Waals surface area contributed by atoms with Crippen molar-refractivity contribution in [1.82, 2.24) is 0 Å². The molecule has 0 aliphatic heterocycles. The summed E-state index contributed by atoms with van der Waals surface area (Å²) in [7, 11) is 0. The first-order chi connectivity index (χ1) is 8.06. The Bertz CT molecular complexity index is 417. The van der Waals surface area contributed by atoms with Crippen LogP contribution in [0.2, 0.25) is 0 Å². The fourth-order valence-electron chi connectivity index (χ4n) is 2.31. The van der Waals surface area contributed by atoms with E-state index in [9.17, 15) is 4.79 Å². The Hall–Kier alpha value is -1.37. The van der Waals surface area contributed by atoms with Gasteiger partial charge in [0.25, 0.3) is 0 Å². The summed E-state index contributed by atoms with van der Waals surface area (Å²) in [5.74, 6) is 0.299. The average Bonchev–Trinajstić information content (AvgIpc) is 2.30. The van der Waals surface area contributed by atoms with Crippen LogP contribution in [0.15, 0.2) is 36.4 Å². The third-order valence-corrected chi connectivity index (χ3v) is 3.26. The molecular weight excluding hydrogens is 208 g/mol. The fourth-order valence-corrected chi connectivity index (χ4v) is 2.31. The Balaban J connectivity index is 3.25. The highest BCUT2D eigenvalue weighted by atomic mass is 16.1. The molecule has 0 amide bonds. The van der Waals surface area contributed by atoms with E-state index in [1.807, 2.05) is 45.1 Å². The van der Waals surface area contributed by atoms with E-state index in [4.69, 9.17) is 0 Å². The predicted octanol–water partition coefficient (Wildman–Crippen LogP) is 4.20. The van der Waals surface area contributed by atoms with Crippen molar-refractivity contribution in [3.05, 3.63) is 47.5 Å². The van der Waals surface area contributed by atoms with Crippen LogP contribution < -0.4 is 0 Å². The van der Waals surface area contributed by atoms with Gasteiger partial charge in [-0.05, 0) is 38.3 Å². The number of carbonyl (C=O) groups excluding carboxylic acids is 1. The SMILES string of the molecule is C/C=C\C(C)(C(=O)CCC)c1ccccc1C. The van der Waals surface area contributed by atoms with Crippen LogP contribution in [-0.2, 0) is 10.2 Å². The Kier molecular flexibility index (Phi) is 4.68. The predicted molar refractivity (Wildman–Crippen MR) is 73.3 cm³/mol. The first-order valence-electron chi connectivity index (χ1n) is 6.29. The van der Waals surface area contributed by atoms with Gasteiger partial charge in [0.05, 0.1) is 5.41 Å². The van der Waals surface area contributed by atoms with Gasteiger partial charge in [-0.3, -0.25) is 4.79 Å². The molecule has 0 bridgehead atoms. The fraction of sp³-hybridized carbons (Fsp3) is 0.438. The second-order valence-electron chi connectivity index (χ2n) is 4.69. The van der Waals surface area contributed by atoms with Gasteiger partial charge in [-0.25, -0.2) is 0 Å². The van der Waals surface area contributed by atoms with Crippen molar-refractivity contribution in [2.24, 2.45) is 0 Å². The van der Waals surface area contributed by atoms with E-state index in [1.165, 1.54) is 5.56 Å². The highest BCUT2D eigenvalue weighted by Crippen LogP contribution is 2.30. The lowest BCUT2D eigenvalue weighted by atomic mass is 9.75. The molecule has 0 saturated heterocycles. The van der Waals surface area contributed by atoms with E-state index in [0.717, 1.165) is 12.0 Å². The van der Waals surface area contributed by atoms with Gasteiger partial charge in [-0.1, -0.05) is 43.3 Å². The number of allylic oxidation sites excluding steroid dienone is 2. The van der Waals surface area contributed by atoms with Crippen LogP contribution in [0.1, 0.15) is 44.7 Å². The number of aryl methyl sites for hydroxylation is 1. The second kappa shape index (κ2) is 5.81. The molecule has 0 N–H and O–H groups in total. The van der Waals surface area contributed by atoms with Gasteiger partial charge in [-0.2, -0.15) is 0 Å². The van der Waals surface area contributed by atoms with Crippen molar-refractivity contribution in [2.45, 2.75) is 46.0 Å². The molecule has 0 fully saturated rings. The average molecular weight is 230 g/mol. The molecule has 0 aliphatic carbocycles. The minimum absolute atomic E-state index is 0.299. The minimum atomic E-state index is -0.476. The Morgan fingerprint density at radius 1 is 1.35 bits per heavy atom. The van der Waals surface area contributed by atoms with Gasteiger partial charge in [0, 0.05) is 6.42 Å². The summed E-state index contributed by atoms with van der Waals surface area (Å²) in [5.41, 5.74) is 1.82. The normalized spacial score (nSPS) is 14.8. The lowest BCUT2D eigenvalue weighted by molar-refractivity contribution is -0.122. The molecule has 1 rings (SSSR count). The van der Waals surface area contributed by atoms with Crippen LogP contribution in [0.3, 0.4) is 0 Å². The summed E-state index contributed by atoms with van der Waals surface area (Å²) in [6.07, 6.45) is 5.53. The summed E-state index contributed by atoms with van der Waals surface area (Å²) in [6, 6.07) is 8.14. The van der Waals surface area contributed by atoms with Gasteiger partial charge in [0.1, 0.15) is 5.78 Å². The lowest BCUT2D eigenvalue weighted by Gasteiger charge is -2.27. The summed E-state index contributed by atoms with van der Waals surface area (Å²) >= 11 is 0. The van der Waals surface area contributed by atoms with Crippen molar-refractivity contribution in [2.75, 3.05) is 0 Å². The van der Waals surface area contributed by atoms with Gasteiger partial charge >= 0.3 is 0 Å². The van der Waals surface area contributed by atoms with Crippen LogP contribution >= 0.6 is 0 Å². The van der Waals surface area contributed by atoms with Crippen LogP contribution in [0.5, 0.6) is 0 Å². The van der Waals surface area contributed by atoms with E-state index in [2.05, 4.69) is 19.1 Å². The van der Waals surface area contributed by atoms with Crippen molar-refractivity contribution >= 4 is 5.78 Å². The monoisotopic (exact) mass is 230 g/mol. The van der Waals surface area contributed by atoms with Gasteiger partial charge in [0.15, 0.2) is 0 Å². The molecule has 0 spiro atoms. The van der Waals surface area contributed by atoms with Gasteiger partial charge < -0.3 is 0 Å². The molecule has 1 aromatic rings. The topological polar surface area (TPSA) is 17.1 Å². The summed E-state index contributed by atoms with van der Waals surface area (Å²) in [4.78, 5) is 12.4. The van der Waals surface area contributed by atoms with E-state index < -0.39 is 5.41 Å². The zero-order valence-electron chi connectivity index (χ0n) is 11.3. The maximum absolute atomic E-state index is 12.4. The molecule has 0 radical (unpaired) electrons. The van der Waals surface area contributed by atoms with E-state index in [1.54, 1.807) is 0 Å².